The third-order valence-corrected chi connectivity index (χ3v) is 5.09. The van der Waals surface area contributed by atoms with Crippen LogP contribution in [0.5, 0.6) is 0 Å². The Bertz CT molecular complexity index is 625. The van der Waals surface area contributed by atoms with Crippen molar-refractivity contribution in [2.24, 2.45) is 5.41 Å². The topological polar surface area (TPSA) is 78.0 Å². The molecule has 0 spiro atoms. The molecule has 0 aromatic carbocycles. The van der Waals surface area contributed by atoms with Gasteiger partial charge in [0.1, 0.15) is 0 Å². The van der Waals surface area contributed by atoms with Gasteiger partial charge in [-0.2, -0.15) is 0 Å². The SMILES string of the molecule is CCC(=O)N1CCN(C(=O)C(C)(C)CC(C)(C)N2C(=O)C=CC2=O)CC1. The van der Waals surface area contributed by atoms with Gasteiger partial charge in [0.15, 0.2) is 0 Å². The molecule has 0 N–H and O–H groups in total. The summed E-state index contributed by atoms with van der Waals surface area (Å²) in [6.45, 7) is 11.3. The van der Waals surface area contributed by atoms with Crippen LogP contribution < -0.4 is 0 Å². The Morgan fingerprint density at radius 2 is 1.38 bits per heavy atom. The molecule has 2 aliphatic rings. The van der Waals surface area contributed by atoms with Gasteiger partial charge in [-0.1, -0.05) is 20.8 Å². The first-order valence-corrected chi connectivity index (χ1v) is 9.13. The van der Waals surface area contributed by atoms with Crippen LogP contribution in [-0.2, 0) is 19.2 Å². The monoisotopic (exact) mass is 363 g/mol. The standard InChI is InChI=1S/C19H29N3O4/c1-6-14(23)20-9-11-21(12-10-20)17(26)18(2,3)13-19(4,5)22-15(24)7-8-16(22)25/h7-8H,6,9-13H2,1-5H3. The molecule has 2 heterocycles. The van der Waals surface area contributed by atoms with Gasteiger partial charge < -0.3 is 9.80 Å². The number of imide groups is 1. The Labute approximate surface area is 155 Å². The zero-order valence-electron chi connectivity index (χ0n) is 16.4. The second-order valence-electron chi connectivity index (χ2n) is 8.24. The zero-order valence-corrected chi connectivity index (χ0v) is 16.4. The third kappa shape index (κ3) is 3.97. The van der Waals surface area contributed by atoms with E-state index in [1.54, 1.807) is 9.80 Å². The van der Waals surface area contributed by atoms with Crippen molar-refractivity contribution in [1.29, 1.82) is 0 Å². The number of hydrogen-bond donors (Lipinski definition) is 0. The smallest absolute Gasteiger partial charge is 0.254 e. The number of carbonyl (C=O) groups excluding carboxylic acids is 4. The van der Waals surface area contributed by atoms with E-state index in [2.05, 4.69) is 0 Å². The van der Waals surface area contributed by atoms with Crippen molar-refractivity contribution >= 4 is 23.6 Å². The van der Waals surface area contributed by atoms with Crippen LogP contribution in [0.3, 0.4) is 0 Å². The highest BCUT2D eigenvalue weighted by Gasteiger charge is 2.44. The lowest BCUT2D eigenvalue weighted by atomic mass is 9.78. The second-order valence-corrected chi connectivity index (χ2v) is 8.24. The van der Waals surface area contributed by atoms with E-state index in [-0.39, 0.29) is 23.6 Å². The summed E-state index contributed by atoms with van der Waals surface area (Å²) in [5.41, 5.74) is -1.50. The van der Waals surface area contributed by atoms with Gasteiger partial charge in [0.25, 0.3) is 11.8 Å². The van der Waals surface area contributed by atoms with Crippen LogP contribution in [0.1, 0.15) is 47.5 Å². The molecule has 0 unspecified atom stereocenters. The van der Waals surface area contributed by atoms with Gasteiger partial charge in [0, 0.05) is 55.7 Å². The molecule has 0 aromatic rings. The normalized spacial score (nSPS) is 18.7. The Kier molecular flexibility index (Phi) is 5.58. The van der Waals surface area contributed by atoms with Crippen LogP contribution in [0.15, 0.2) is 12.2 Å². The molecule has 26 heavy (non-hydrogen) atoms. The fraction of sp³-hybridized carbons (Fsp3) is 0.684. The van der Waals surface area contributed by atoms with Crippen molar-refractivity contribution in [3.63, 3.8) is 0 Å². The number of hydrogen-bond acceptors (Lipinski definition) is 4. The molecule has 0 saturated carbocycles. The summed E-state index contributed by atoms with van der Waals surface area (Å²) in [6, 6.07) is 0. The largest absolute Gasteiger partial charge is 0.339 e. The molecule has 144 valence electrons. The minimum absolute atomic E-state index is 0.0128. The van der Waals surface area contributed by atoms with Crippen LogP contribution in [-0.4, -0.2) is 70.0 Å². The summed E-state index contributed by atoms with van der Waals surface area (Å²) in [4.78, 5) is 53.6. The van der Waals surface area contributed by atoms with Gasteiger partial charge in [0.2, 0.25) is 11.8 Å². The van der Waals surface area contributed by atoms with Gasteiger partial charge in [-0.15, -0.1) is 0 Å². The summed E-state index contributed by atoms with van der Waals surface area (Å²) in [5.74, 6) is -0.581. The number of rotatable bonds is 5. The summed E-state index contributed by atoms with van der Waals surface area (Å²) in [5, 5.41) is 0. The van der Waals surface area contributed by atoms with Crippen molar-refractivity contribution in [2.45, 2.75) is 53.0 Å². The number of piperazine rings is 1. The summed E-state index contributed by atoms with van der Waals surface area (Å²) in [7, 11) is 0. The average molecular weight is 363 g/mol. The van der Waals surface area contributed by atoms with E-state index < -0.39 is 11.0 Å². The Hall–Kier alpha value is -2.18. The maximum absolute atomic E-state index is 13.0. The molecule has 2 rings (SSSR count). The quantitative estimate of drug-likeness (QED) is 0.688. The summed E-state index contributed by atoms with van der Waals surface area (Å²) < 4.78 is 0. The summed E-state index contributed by atoms with van der Waals surface area (Å²) in [6.07, 6.45) is 3.37. The Balaban J connectivity index is 2.03. The van der Waals surface area contributed by atoms with E-state index in [0.29, 0.717) is 39.0 Å². The van der Waals surface area contributed by atoms with Gasteiger partial charge >= 0.3 is 0 Å². The molecule has 1 saturated heterocycles. The molecule has 0 bridgehead atoms. The molecule has 0 aromatic heterocycles. The van der Waals surface area contributed by atoms with Crippen molar-refractivity contribution < 1.29 is 19.2 Å². The predicted molar refractivity (Wildman–Crippen MR) is 96.9 cm³/mol. The third-order valence-electron chi connectivity index (χ3n) is 5.09. The first-order valence-electron chi connectivity index (χ1n) is 9.13. The fourth-order valence-corrected chi connectivity index (χ4v) is 4.04. The first-order chi connectivity index (χ1) is 12.0. The van der Waals surface area contributed by atoms with E-state index in [4.69, 9.17) is 0 Å². The Morgan fingerprint density at radius 3 is 1.85 bits per heavy atom. The Morgan fingerprint density at radius 1 is 0.923 bits per heavy atom. The van der Waals surface area contributed by atoms with Crippen LogP contribution in [0.25, 0.3) is 0 Å². The first kappa shape index (κ1) is 20.1. The van der Waals surface area contributed by atoms with Gasteiger partial charge in [0.05, 0.1) is 0 Å². The van der Waals surface area contributed by atoms with Crippen LogP contribution in [0.2, 0.25) is 0 Å². The van der Waals surface area contributed by atoms with E-state index in [0.717, 1.165) is 0 Å². The minimum atomic E-state index is -0.767. The zero-order chi connectivity index (χ0) is 19.7. The van der Waals surface area contributed by atoms with Crippen LogP contribution >= 0.6 is 0 Å². The van der Waals surface area contributed by atoms with Crippen molar-refractivity contribution in [3.8, 4) is 0 Å². The fourth-order valence-electron chi connectivity index (χ4n) is 4.04. The molecule has 7 nitrogen and oxygen atoms in total. The average Bonchev–Trinajstić information content (AvgIpc) is 2.92. The van der Waals surface area contributed by atoms with Crippen LogP contribution in [0.4, 0.5) is 0 Å². The van der Waals surface area contributed by atoms with E-state index in [1.165, 1.54) is 17.1 Å². The molecule has 0 radical (unpaired) electrons. The maximum Gasteiger partial charge on any atom is 0.254 e. The molecule has 1 fully saturated rings. The van der Waals surface area contributed by atoms with Crippen molar-refractivity contribution in [3.05, 3.63) is 12.2 Å². The van der Waals surface area contributed by atoms with E-state index >= 15 is 0 Å². The lowest BCUT2D eigenvalue weighted by Gasteiger charge is -2.43. The molecule has 0 aliphatic carbocycles. The molecule has 4 amide bonds. The lowest BCUT2D eigenvalue weighted by Crippen LogP contribution is -2.56. The van der Waals surface area contributed by atoms with Gasteiger partial charge in [-0.05, 0) is 20.3 Å². The van der Waals surface area contributed by atoms with E-state index in [1.807, 2.05) is 34.6 Å². The highest BCUT2D eigenvalue weighted by molar-refractivity contribution is 6.13. The van der Waals surface area contributed by atoms with Gasteiger partial charge in [-0.3, -0.25) is 24.1 Å². The predicted octanol–water partition coefficient (Wildman–Crippen LogP) is 1.19. The van der Waals surface area contributed by atoms with Gasteiger partial charge in [-0.25, -0.2) is 0 Å². The molecule has 7 heteroatoms. The maximum atomic E-state index is 13.0. The molecule has 2 aliphatic heterocycles. The highest BCUT2D eigenvalue weighted by atomic mass is 16.2. The van der Waals surface area contributed by atoms with E-state index in [9.17, 15) is 19.2 Å². The number of nitrogens with zero attached hydrogens (tertiary/aromatic N) is 3. The molecular formula is C19H29N3O4. The van der Waals surface area contributed by atoms with Crippen molar-refractivity contribution in [1.82, 2.24) is 14.7 Å². The lowest BCUT2D eigenvalue weighted by molar-refractivity contribution is -0.151. The molecule has 0 atom stereocenters. The van der Waals surface area contributed by atoms with Crippen molar-refractivity contribution in [2.75, 3.05) is 26.2 Å². The van der Waals surface area contributed by atoms with Crippen LogP contribution in [0, 0.1) is 5.41 Å². The summed E-state index contributed by atoms with van der Waals surface area (Å²) >= 11 is 0. The second kappa shape index (κ2) is 7.21. The number of carbonyl (C=O) groups is 4. The minimum Gasteiger partial charge on any atom is -0.339 e. The number of amides is 4. The molecular weight excluding hydrogens is 334 g/mol. The highest BCUT2D eigenvalue weighted by Crippen LogP contribution is 2.35.